The third-order valence-corrected chi connectivity index (χ3v) is 6.39. The van der Waals surface area contributed by atoms with E-state index in [0.29, 0.717) is 29.0 Å². The average molecular weight is 550 g/mol. The Kier molecular flexibility index (Phi) is 10.8. The number of nitrogens with zero attached hydrogens (tertiary/aromatic N) is 1. The Labute approximate surface area is 238 Å². The van der Waals surface area contributed by atoms with Crippen LogP contribution in [0.3, 0.4) is 0 Å². The molecule has 0 bridgehead atoms. The Morgan fingerprint density at radius 1 is 1.00 bits per heavy atom. The summed E-state index contributed by atoms with van der Waals surface area (Å²) < 4.78 is 10.7. The van der Waals surface area contributed by atoms with Gasteiger partial charge in [0.2, 0.25) is 5.91 Å². The molecular formula is C32H43N3O5. The molecule has 0 saturated carbocycles. The highest BCUT2D eigenvalue weighted by atomic mass is 16.6. The number of benzene rings is 2. The van der Waals surface area contributed by atoms with Crippen molar-refractivity contribution < 1.29 is 23.9 Å². The minimum absolute atomic E-state index is 0.252. The van der Waals surface area contributed by atoms with Crippen LogP contribution < -0.4 is 15.4 Å². The molecule has 0 saturated heterocycles. The summed E-state index contributed by atoms with van der Waals surface area (Å²) in [5.74, 6) is 2.17. The number of amides is 3. The molecule has 2 aromatic carbocycles. The van der Waals surface area contributed by atoms with Gasteiger partial charge in [-0.3, -0.25) is 9.59 Å². The van der Waals surface area contributed by atoms with E-state index in [-0.39, 0.29) is 5.92 Å². The Hall–Kier alpha value is -3.99. The summed E-state index contributed by atoms with van der Waals surface area (Å²) in [4.78, 5) is 42.9. The normalized spacial score (nSPS) is 13.7. The molecule has 8 heteroatoms. The van der Waals surface area contributed by atoms with Gasteiger partial charge in [0.15, 0.2) is 0 Å². The van der Waals surface area contributed by atoms with E-state index in [9.17, 15) is 14.4 Å². The molecular weight excluding hydrogens is 506 g/mol. The summed E-state index contributed by atoms with van der Waals surface area (Å²) in [7, 11) is 1.56. The zero-order chi connectivity index (χ0) is 30.3. The highest BCUT2D eigenvalue weighted by Gasteiger charge is 2.43. The molecule has 40 heavy (non-hydrogen) atoms. The number of anilines is 1. The third-order valence-electron chi connectivity index (χ3n) is 6.39. The smallest absolute Gasteiger partial charge is 0.408 e. The Morgan fingerprint density at radius 3 is 2.10 bits per heavy atom. The molecule has 0 spiro atoms. The maximum Gasteiger partial charge on any atom is 0.408 e. The van der Waals surface area contributed by atoms with Gasteiger partial charge in [-0.25, -0.2) is 4.79 Å². The molecule has 0 aromatic heterocycles. The lowest BCUT2D eigenvalue weighted by molar-refractivity contribution is -0.147. The van der Waals surface area contributed by atoms with Gasteiger partial charge in [-0.1, -0.05) is 44.4 Å². The zero-order valence-corrected chi connectivity index (χ0v) is 25.1. The first-order valence-electron chi connectivity index (χ1n) is 13.5. The molecule has 8 nitrogen and oxygen atoms in total. The molecule has 0 radical (unpaired) electrons. The summed E-state index contributed by atoms with van der Waals surface area (Å²) >= 11 is 0. The first kappa shape index (κ1) is 32.2. The van der Waals surface area contributed by atoms with Crippen LogP contribution in [0.15, 0.2) is 48.5 Å². The Balaban J connectivity index is 2.66. The topological polar surface area (TPSA) is 97.0 Å². The fraction of sp³-hybridized carbons (Fsp3) is 0.469. The number of terminal acetylenes is 1. The van der Waals surface area contributed by atoms with E-state index < -0.39 is 41.1 Å². The van der Waals surface area contributed by atoms with Crippen LogP contribution in [-0.4, -0.2) is 47.1 Å². The number of nitrogens with one attached hydrogen (secondary N) is 2. The van der Waals surface area contributed by atoms with Crippen LogP contribution in [0.25, 0.3) is 0 Å². The number of alkyl carbamates (subject to hydrolysis) is 1. The van der Waals surface area contributed by atoms with E-state index in [1.165, 1.54) is 4.90 Å². The van der Waals surface area contributed by atoms with Gasteiger partial charge in [-0.05, 0) is 83.4 Å². The van der Waals surface area contributed by atoms with Gasteiger partial charge in [0.1, 0.15) is 23.4 Å². The average Bonchev–Trinajstić information content (AvgIpc) is 2.88. The first-order valence-corrected chi connectivity index (χ1v) is 13.5. The highest BCUT2D eigenvalue weighted by molar-refractivity contribution is 5.99. The molecule has 216 valence electrons. The van der Waals surface area contributed by atoms with Crippen molar-refractivity contribution in [2.75, 3.05) is 12.4 Å². The molecule has 0 aliphatic carbocycles. The summed E-state index contributed by atoms with van der Waals surface area (Å²) in [5.41, 5.74) is -0.0782. The van der Waals surface area contributed by atoms with Crippen molar-refractivity contribution in [2.24, 2.45) is 5.92 Å². The second-order valence-corrected chi connectivity index (χ2v) is 11.7. The molecule has 3 amide bonds. The van der Waals surface area contributed by atoms with Crippen molar-refractivity contribution in [1.29, 1.82) is 0 Å². The predicted octanol–water partition coefficient (Wildman–Crippen LogP) is 5.92. The predicted molar refractivity (Wildman–Crippen MR) is 158 cm³/mol. The van der Waals surface area contributed by atoms with Gasteiger partial charge in [-0.2, -0.15) is 0 Å². The molecule has 0 aliphatic rings. The zero-order valence-electron chi connectivity index (χ0n) is 25.1. The van der Waals surface area contributed by atoms with Crippen LogP contribution in [0.5, 0.6) is 5.75 Å². The van der Waals surface area contributed by atoms with E-state index in [0.717, 1.165) is 0 Å². The Bertz CT molecular complexity index is 1220. The monoisotopic (exact) mass is 549 g/mol. The quantitative estimate of drug-likeness (QED) is 0.378. The number of ether oxygens (including phenoxy) is 2. The lowest BCUT2D eigenvalue weighted by Gasteiger charge is -2.44. The van der Waals surface area contributed by atoms with Crippen LogP contribution in [0.1, 0.15) is 79.0 Å². The Morgan fingerprint density at radius 2 is 1.60 bits per heavy atom. The highest BCUT2D eigenvalue weighted by Crippen LogP contribution is 2.34. The fourth-order valence-electron chi connectivity index (χ4n) is 4.26. The van der Waals surface area contributed by atoms with Gasteiger partial charge >= 0.3 is 6.09 Å². The van der Waals surface area contributed by atoms with Crippen LogP contribution in [0, 0.1) is 18.3 Å². The summed E-state index contributed by atoms with van der Waals surface area (Å²) in [5, 5.41) is 5.71. The number of methoxy groups -OCH3 is 1. The van der Waals surface area contributed by atoms with Crippen molar-refractivity contribution in [3.63, 3.8) is 0 Å². The van der Waals surface area contributed by atoms with E-state index >= 15 is 0 Å². The number of carbonyl (C=O) groups is 3. The SMILES string of the molecule is C#Cc1ccccc1C(C(=O)Nc1ccc(OC)cc1)N(C(=O)C(NC(=O)OC(C)(C)C)C(C)CC)C(C)(C)C. The summed E-state index contributed by atoms with van der Waals surface area (Å²) in [6, 6.07) is 11.9. The van der Waals surface area contributed by atoms with Crippen LogP contribution in [0.2, 0.25) is 0 Å². The number of hydrogen-bond acceptors (Lipinski definition) is 5. The molecule has 0 fully saturated rings. The van der Waals surface area contributed by atoms with Gasteiger partial charge in [0, 0.05) is 16.8 Å². The standard InChI is InChI=1S/C32H43N3O5/c1-11-21(3)26(34-30(38)40-32(7,8)9)29(37)35(31(4,5)6)27(25-16-14-13-15-22(25)12-2)28(36)33-23-17-19-24(39-10)20-18-23/h2,13-21,26-27H,11H2,1,3-10H3,(H,33,36)(H,34,38). The largest absolute Gasteiger partial charge is 0.497 e. The molecule has 3 atom stereocenters. The second kappa shape index (κ2) is 13.4. The van der Waals surface area contributed by atoms with E-state index in [1.54, 1.807) is 76.4 Å². The second-order valence-electron chi connectivity index (χ2n) is 11.7. The van der Waals surface area contributed by atoms with E-state index in [1.807, 2.05) is 34.6 Å². The van der Waals surface area contributed by atoms with Crippen molar-refractivity contribution in [2.45, 2.75) is 85.0 Å². The van der Waals surface area contributed by atoms with Gasteiger partial charge < -0.3 is 25.0 Å². The minimum atomic E-state index is -1.10. The van der Waals surface area contributed by atoms with Gasteiger partial charge in [0.25, 0.3) is 5.91 Å². The molecule has 2 aromatic rings. The number of carbonyl (C=O) groups excluding carboxylic acids is 3. The molecule has 2 N–H and O–H groups in total. The van der Waals surface area contributed by atoms with Crippen LogP contribution in [-0.2, 0) is 14.3 Å². The first-order chi connectivity index (χ1) is 18.6. The van der Waals surface area contributed by atoms with E-state index in [2.05, 4.69) is 16.6 Å². The lowest BCUT2D eigenvalue weighted by Crippen LogP contribution is -2.59. The van der Waals surface area contributed by atoms with Crippen molar-refractivity contribution in [3.8, 4) is 18.1 Å². The summed E-state index contributed by atoms with van der Waals surface area (Å²) in [6.45, 7) is 14.6. The maximum absolute atomic E-state index is 14.5. The minimum Gasteiger partial charge on any atom is -0.497 e. The third kappa shape index (κ3) is 8.51. The van der Waals surface area contributed by atoms with Gasteiger partial charge in [-0.15, -0.1) is 6.42 Å². The van der Waals surface area contributed by atoms with Crippen LogP contribution in [0.4, 0.5) is 10.5 Å². The summed E-state index contributed by atoms with van der Waals surface area (Å²) in [6.07, 6.45) is 5.74. The number of hydrogen-bond donors (Lipinski definition) is 2. The lowest BCUT2D eigenvalue weighted by atomic mass is 9.90. The van der Waals surface area contributed by atoms with Crippen molar-refractivity contribution >= 4 is 23.6 Å². The van der Waals surface area contributed by atoms with Crippen molar-refractivity contribution in [3.05, 3.63) is 59.7 Å². The fourth-order valence-corrected chi connectivity index (χ4v) is 4.26. The number of rotatable bonds is 9. The van der Waals surface area contributed by atoms with E-state index in [4.69, 9.17) is 15.9 Å². The molecule has 0 heterocycles. The van der Waals surface area contributed by atoms with Crippen molar-refractivity contribution in [1.82, 2.24) is 10.2 Å². The molecule has 0 aliphatic heterocycles. The van der Waals surface area contributed by atoms with Gasteiger partial charge in [0.05, 0.1) is 7.11 Å². The molecule has 3 unspecified atom stereocenters. The maximum atomic E-state index is 14.5. The molecule has 2 rings (SSSR count). The van der Waals surface area contributed by atoms with Crippen LogP contribution >= 0.6 is 0 Å².